The van der Waals surface area contributed by atoms with Crippen LogP contribution in [0.25, 0.3) is 0 Å². The third-order valence-corrected chi connectivity index (χ3v) is 7.45. The van der Waals surface area contributed by atoms with Gasteiger partial charge in [0.25, 0.3) is 5.91 Å². The Morgan fingerprint density at radius 2 is 1.93 bits per heavy atom. The van der Waals surface area contributed by atoms with Crippen molar-refractivity contribution in [3.05, 3.63) is 74.5 Å². The predicted octanol–water partition coefficient (Wildman–Crippen LogP) is 4.68. The Bertz CT molecular complexity index is 1210. The van der Waals surface area contributed by atoms with E-state index in [1.807, 2.05) is 0 Å². The normalized spacial score (nSPS) is 11.7. The molecule has 158 valence electrons. The second-order valence-electron chi connectivity index (χ2n) is 6.43. The number of nitrogens with zero attached hydrogens (tertiary/aromatic N) is 2. The van der Waals surface area contributed by atoms with Crippen LogP contribution in [-0.4, -0.2) is 37.7 Å². The number of hydrogen-bond acceptors (Lipinski definition) is 5. The quantitative estimate of drug-likeness (QED) is 0.547. The van der Waals surface area contributed by atoms with Crippen molar-refractivity contribution < 1.29 is 17.6 Å². The number of carbonyl (C=O) groups is 1. The lowest BCUT2D eigenvalue weighted by atomic mass is 10.1. The smallest absolute Gasteiger partial charge is 0.257 e. The highest BCUT2D eigenvalue weighted by atomic mass is 35.5. The number of halogens is 3. The van der Waals surface area contributed by atoms with Crippen LogP contribution in [0, 0.1) is 5.82 Å². The fraction of sp³-hybridized carbons (Fsp3) is 0.158. The summed E-state index contributed by atoms with van der Waals surface area (Å²) in [4.78, 5) is 16.9. The van der Waals surface area contributed by atoms with Crippen LogP contribution in [0.15, 0.2) is 47.5 Å². The van der Waals surface area contributed by atoms with Gasteiger partial charge in [-0.3, -0.25) is 10.1 Å². The van der Waals surface area contributed by atoms with E-state index < -0.39 is 26.6 Å². The minimum atomic E-state index is -4.03. The largest absolute Gasteiger partial charge is 0.298 e. The first-order valence-corrected chi connectivity index (χ1v) is 11.5. The van der Waals surface area contributed by atoms with Gasteiger partial charge in [0.1, 0.15) is 10.7 Å². The van der Waals surface area contributed by atoms with Gasteiger partial charge in [0.05, 0.1) is 0 Å². The molecule has 0 radical (unpaired) electrons. The second-order valence-corrected chi connectivity index (χ2v) is 10.5. The van der Waals surface area contributed by atoms with Crippen molar-refractivity contribution in [1.82, 2.24) is 9.29 Å². The van der Waals surface area contributed by atoms with Gasteiger partial charge in [-0.25, -0.2) is 22.1 Å². The minimum Gasteiger partial charge on any atom is -0.298 e. The number of hydrogen-bond donors (Lipinski definition) is 1. The number of amides is 1. The molecule has 1 heterocycles. The summed E-state index contributed by atoms with van der Waals surface area (Å²) < 4.78 is 39.4. The molecule has 0 saturated heterocycles. The maximum absolute atomic E-state index is 14.0. The number of aromatic nitrogens is 1. The van der Waals surface area contributed by atoms with Gasteiger partial charge < -0.3 is 0 Å². The molecule has 3 rings (SSSR count). The summed E-state index contributed by atoms with van der Waals surface area (Å²) in [6.45, 7) is 0. The average Bonchev–Trinajstić information content (AvgIpc) is 3.11. The first kappa shape index (κ1) is 22.6. The van der Waals surface area contributed by atoms with E-state index in [2.05, 4.69) is 10.3 Å². The predicted molar refractivity (Wildman–Crippen MR) is 117 cm³/mol. The molecule has 3 aromatic rings. The highest BCUT2D eigenvalue weighted by molar-refractivity contribution is 7.89. The molecule has 0 spiro atoms. The van der Waals surface area contributed by atoms with E-state index in [0.717, 1.165) is 26.9 Å². The molecule has 1 amide bonds. The topological polar surface area (TPSA) is 79.4 Å². The monoisotopic (exact) mass is 487 g/mol. The van der Waals surface area contributed by atoms with Gasteiger partial charge in [-0.15, -0.1) is 11.3 Å². The molecule has 0 atom stereocenters. The van der Waals surface area contributed by atoms with E-state index >= 15 is 0 Å². The van der Waals surface area contributed by atoms with E-state index in [1.54, 1.807) is 24.4 Å². The Morgan fingerprint density at radius 1 is 1.20 bits per heavy atom. The molecule has 30 heavy (non-hydrogen) atoms. The zero-order chi connectivity index (χ0) is 22.1. The van der Waals surface area contributed by atoms with Crippen molar-refractivity contribution in [3.8, 4) is 0 Å². The highest BCUT2D eigenvalue weighted by Gasteiger charge is 2.23. The van der Waals surface area contributed by atoms with Crippen molar-refractivity contribution in [2.75, 3.05) is 19.4 Å². The van der Waals surface area contributed by atoms with Crippen molar-refractivity contribution in [2.24, 2.45) is 0 Å². The van der Waals surface area contributed by atoms with Crippen LogP contribution in [0.2, 0.25) is 10.0 Å². The maximum Gasteiger partial charge on any atom is 0.257 e. The van der Waals surface area contributed by atoms with Gasteiger partial charge >= 0.3 is 0 Å². The maximum atomic E-state index is 14.0. The SMILES string of the molecule is CN(C)S(=O)(=O)c1cc(C(=O)Nc2ncc(Cc3cc(Cl)ccc3Cl)s2)ccc1F. The van der Waals surface area contributed by atoms with E-state index in [9.17, 15) is 17.6 Å². The first-order valence-electron chi connectivity index (χ1n) is 8.50. The van der Waals surface area contributed by atoms with E-state index in [1.165, 1.54) is 31.5 Å². The lowest BCUT2D eigenvalue weighted by Crippen LogP contribution is -2.24. The fourth-order valence-electron chi connectivity index (χ4n) is 2.52. The van der Waals surface area contributed by atoms with E-state index in [-0.39, 0.29) is 5.56 Å². The van der Waals surface area contributed by atoms with Crippen LogP contribution in [0.1, 0.15) is 20.8 Å². The van der Waals surface area contributed by atoms with Gasteiger partial charge in [-0.1, -0.05) is 23.2 Å². The zero-order valence-electron chi connectivity index (χ0n) is 15.8. The summed E-state index contributed by atoms with van der Waals surface area (Å²) in [6, 6.07) is 8.31. The van der Waals surface area contributed by atoms with Gasteiger partial charge in [0.2, 0.25) is 10.0 Å². The van der Waals surface area contributed by atoms with Crippen molar-refractivity contribution in [2.45, 2.75) is 11.3 Å². The van der Waals surface area contributed by atoms with Gasteiger partial charge in [-0.2, -0.15) is 0 Å². The molecule has 0 unspecified atom stereocenters. The van der Waals surface area contributed by atoms with E-state index in [0.29, 0.717) is 21.6 Å². The Kier molecular flexibility index (Phi) is 6.78. The van der Waals surface area contributed by atoms with E-state index in [4.69, 9.17) is 23.2 Å². The number of benzene rings is 2. The number of rotatable bonds is 6. The van der Waals surface area contributed by atoms with Gasteiger partial charge in [0.15, 0.2) is 5.13 Å². The molecule has 0 fully saturated rings. The molecule has 0 aliphatic rings. The van der Waals surface area contributed by atoms with Gasteiger partial charge in [0, 0.05) is 47.2 Å². The number of sulfonamides is 1. The molecular weight excluding hydrogens is 472 g/mol. The van der Waals surface area contributed by atoms with Crippen LogP contribution in [0.5, 0.6) is 0 Å². The molecule has 1 N–H and O–H groups in total. The lowest BCUT2D eigenvalue weighted by Gasteiger charge is -2.13. The number of nitrogens with one attached hydrogen (secondary N) is 1. The summed E-state index contributed by atoms with van der Waals surface area (Å²) in [7, 11) is -1.47. The molecule has 2 aromatic carbocycles. The number of thiazole rings is 1. The van der Waals surface area contributed by atoms with Crippen LogP contribution in [0.3, 0.4) is 0 Å². The third kappa shape index (κ3) is 4.98. The zero-order valence-corrected chi connectivity index (χ0v) is 19.0. The summed E-state index contributed by atoms with van der Waals surface area (Å²) >= 11 is 13.4. The standard InChI is InChI=1S/C19H16Cl2FN3O3S2/c1-25(2)30(27,28)17-9-11(3-6-16(17)22)18(26)24-19-23-10-14(29-19)8-12-7-13(20)4-5-15(12)21/h3-7,9-10H,8H2,1-2H3,(H,23,24,26). The van der Waals surface area contributed by atoms with Crippen LogP contribution >= 0.6 is 34.5 Å². The molecule has 11 heteroatoms. The summed E-state index contributed by atoms with van der Waals surface area (Å²) in [5.41, 5.74) is 0.814. The number of carbonyl (C=O) groups excluding carboxylic acids is 1. The average molecular weight is 488 g/mol. The van der Waals surface area contributed by atoms with Crippen LogP contribution in [0.4, 0.5) is 9.52 Å². The Labute approximate surface area is 187 Å². The van der Waals surface area contributed by atoms with Crippen molar-refractivity contribution >= 4 is 55.6 Å². The molecule has 0 aliphatic carbocycles. The summed E-state index contributed by atoms with van der Waals surface area (Å²) in [5, 5.41) is 4.04. The highest BCUT2D eigenvalue weighted by Crippen LogP contribution is 2.27. The third-order valence-electron chi connectivity index (χ3n) is 4.10. The molecular formula is C19H16Cl2FN3O3S2. The molecule has 0 aliphatic heterocycles. The molecule has 0 bridgehead atoms. The molecule has 6 nitrogen and oxygen atoms in total. The second kappa shape index (κ2) is 8.99. The Balaban J connectivity index is 1.78. The molecule has 1 aromatic heterocycles. The van der Waals surface area contributed by atoms with Crippen molar-refractivity contribution in [3.63, 3.8) is 0 Å². The van der Waals surface area contributed by atoms with Crippen molar-refractivity contribution in [1.29, 1.82) is 0 Å². The minimum absolute atomic E-state index is 0.00791. The van der Waals surface area contributed by atoms with Crippen LogP contribution < -0.4 is 5.32 Å². The summed E-state index contributed by atoms with van der Waals surface area (Å²) in [6.07, 6.45) is 2.08. The Hall–Kier alpha value is -2.04. The Morgan fingerprint density at radius 3 is 2.63 bits per heavy atom. The van der Waals surface area contributed by atoms with Gasteiger partial charge in [-0.05, 0) is 42.0 Å². The summed E-state index contributed by atoms with van der Waals surface area (Å²) in [5.74, 6) is -1.54. The van der Waals surface area contributed by atoms with Crippen LogP contribution in [-0.2, 0) is 16.4 Å². The molecule has 0 saturated carbocycles. The lowest BCUT2D eigenvalue weighted by molar-refractivity contribution is 0.102. The fourth-order valence-corrected chi connectivity index (χ4v) is 4.72. The number of anilines is 1. The first-order chi connectivity index (χ1) is 14.1.